The minimum atomic E-state index is -4.93. The van der Waals surface area contributed by atoms with Crippen LogP contribution in [0, 0.1) is 11.3 Å². The first-order valence-electron chi connectivity index (χ1n) is 7.71. The third kappa shape index (κ3) is 4.99. The van der Waals surface area contributed by atoms with Crippen molar-refractivity contribution in [2.75, 3.05) is 0 Å². The third-order valence-electron chi connectivity index (χ3n) is 3.68. The number of phenols is 5. The van der Waals surface area contributed by atoms with Crippen LogP contribution < -0.4 is 5.32 Å². The topological polar surface area (TPSA) is 137 Å². The SMILES string of the molecule is N#CC(=Cc1cc(O)c(O)c(C(F)(F)F)c1)C(=S)NCc1cc(O)c(O)c(O)c1. The maximum absolute atomic E-state index is 12.9. The summed E-state index contributed by atoms with van der Waals surface area (Å²) in [5.41, 5.74) is -1.66. The second-order valence-electron chi connectivity index (χ2n) is 5.77. The van der Waals surface area contributed by atoms with Gasteiger partial charge in [-0.2, -0.15) is 18.4 Å². The molecule has 152 valence electrons. The van der Waals surface area contributed by atoms with Crippen LogP contribution in [0.3, 0.4) is 0 Å². The van der Waals surface area contributed by atoms with E-state index in [1.807, 2.05) is 0 Å². The van der Waals surface area contributed by atoms with Gasteiger partial charge in [0.25, 0.3) is 0 Å². The summed E-state index contributed by atoms with van der Waals surface area (Å²) in [7, 11) is 0. The Balaban J connectivity index is 2.27. The number of hydrogen-bond donors (Lipinski definition) is 6. The van der Waals surface area contributed by atoms with Crippen LogP contribution in [-0.2, 0) is 12.7 Å². The number of rotatable bonds is 4. The zero-order chi connectivity index (χ0) is 21.9. The van der Waals surface area contributed by atoms with E-state index in [-0.39, 0.29) is 22.7 Å². The third-order valence-corrected chi connectivity index (χ3v) is 4.04. The van der Waals surface area contributed by atoms with Crippen LogP contribution in [0.15, 0.2) is 29.8 Å². The van der Waals surface area contributed by atoms with E-state index in [1.165, 1.54) is 0 Å². The van der Waals surface area contributed by atoms with Gasteiger partial charge < -0.3 is 30.8 Å². The quantitative estimate of drug-likeness (QED) is 0.190. The van der Waals surface area contributed by atoms with Gasteiger partial charge in [-0.3, -0.25) is 0 Å². The Hall–Kier alpha value is -3.65. The van der Waals surface area contributed by atoms with E-state index < -0.39 is 40.5 Å². The highest BCUT2D eigenvalue weighted by Gasteiger charge is 2.35. The molecule has 0 saturated heterocycles. The van der Waals surface area contributed by atoms with Crippen molar-refractivity contribution < 1.29 is 38.7 Å². The van der Waals surface area contributed by atoms with Gasteiger partial charge in [0.15, 0.2) is 28.7 Å². The molecule has 2 aromatic rings. The Labute approximate surface area is 167 Å². The summed E-state index contributed by atoms with van der Waals surface area (Å²) in [5.74, 6) is -4.22. The molecule has 7 nitrogen and oxygen atoms in total. The van der Waals surface area contributed by atoms with Crippen LogP contribution in [0.25, 0.3) is 6.08 Å². The molecule has 0 aromatic heterocycles. The Morgan fingerprint density at radius 1 is 1.00 bits per heavy atom. The van der Waals surface area contributed by atoms with Crippen LogP contribution in [0.4, 0.5) is 13.2 Å². The molecule has 0 aliphatic heterocycles. The van der Waals surface area contributed by atoms with E-state index in [4.69, 9.17) is 12.2 Å². The zero-order valence-electron chi connectivity index (χ0n) is 14.3. The van der Waals surface area contributed by atoms with E-state index >= 15 is 0 Å². The summed E-state index contributed by atoms with van der Waals surface area (Å²) in [6, 6.07) is 5.35. The van der Waals surface area contributed by atoms with Crippen molar-refractivity contribution in [1.82, 2.24) is 5.32 Å². The summed E-state index contributed by atoms with van der Waals surface area (Å²) < 4.78 is 38.8. The van der Waals surface area contributed by atoms with Crippen molar-refractivity contribution in [3.8, 4) is 34.8 Å². The van der Waals surface area contributed by atoms with E-state index in [0.29, 0.717) is 11.6 Å². The summed E-state index contributed by atoms with van der Waals surface area (Å²) in [5, 5.41) is 59.0. The largest absolute Gasteiger partial charge is 0.504 e. The van der Waals surface area contributed by atoms with Gasteiger partial charge in [0, 0.05) is 6.54 Å². The zero-order valence-corrected chi connectivity index (χ0v) is 15.1. The molecule has 0 aliphatic carbocycles. The number of nitriles is 1. The van der Waals surface area contributed by atoms with E-state index in [1.54, 1.807) is 6.07 Å². The fraction of sp³-hybridized carbons (Fsp3) is 0.111. The Morgan fingerprint density at radius 3 is 2.07 bits per heavy atom. The molecule has 0 atom stereocenters. The van der Waals surface area contributed by atoms with Crippen LogP contribution in [0.5, 0.6) is 28.7 Å². The van der Waals surface area contributed by atoms with Crippen LogP contribution in [0.1, 0.15) is 16.7 Å². The molecular weight excluding hydrogens is 413 g/mol. The number of aromatic hydroxyl groups is 5. The molecular formula is C18H13F3N2O5S. The van der Waals surface area contributed by atoms with Gasteiger partial charge in [0.05, 0.1) is 5.57 Å². The van der Waals surface area contributed by atoms with Crippen molar-refractivity contribution in [3.63, 3.8) is 0 Å². The molecule has 0 radical (unpaired) electrons. The predicted octanol–water partition coefficient (Wildman–Crippen LogP) is 3.26. The van der Waals surface area contributed by atoms with Crippen molar-refractivity contribution in [3.05, 3.63) is 46.5 Å². The van der Waals surface area contributed by atoms with Gasteiger partial charge in [-0.05, 0) is 41.5 Å². The van der Waals surface area contributed by atoms with Gasteiger partial charge >= 0.3 is 6.18 Å². The number of hydrogen-bond acceptors (Lipinski definition) is 7. The van der Waals surface area contributed by atoms with Crippen molar-refractivity contribution in [2.45, 2.75) is 12.7 Å². The molecule has 0 amide bonds. The van der Waals surface area contributed by atoms with Gasteiger partial charge in [-0.1, -0.05) is 12.2 Å². The highest BCUT2D eigenvalue weighted by atomic mass is 32.1. The molecule has 0 heterocycles. The number of thiocarbonyl (C=S) groups is 1. The van der Waals surface area contributed by atoms with Crippen molar-refractivity contribution in [1.29, 1.82) is 5.26 Å². The van der Waals surface area contributed by atoms with E-state index in [2.05, 4.69) is 5.32 Å². The summed E-state index contributed by atoms with van der Waals surface area (Å²) in [6.45, 7) is -0.0894. The standard InChI is InChI=1S/C18H13F3N2O5S/c19-18(20,21)11-2-8(3-12(24)15(11)27)1-10(6-22)17(29)23-7-9-4-13(25)16(28)14(26)5-9/h1-5,24-28H,7H2,(H,23,29). The van der Waals surface area contributed by atoms with Gasteiger partial charge in [-0.15, -0.1) is 0 Å². The van der Waals surface area contributed by atoms with Crippen LogP contribution in [0.2, 0.25) is 0 Å². The van der Waals surface area contributed by atoms with Crippen LogP contribution >= 0.6 is 12.2 Å². The van der Waals surface area contributed by atoms with Gasteiger partial charge in [-0.25, -0.2) is 0 Å². The predicted molar refractivity (Wildman–Crippen MR) is 99.2 cm³/mol. The highest BCUT2D eigenvalue weighted by Crippen LogP contribution is 2.41. The number of benzene rings is 2. The molecule has 2 rings (SSSR count). The molecule has 29 heavy (non-hydrogen) atoms. The molecule has 0 saturated carbocycles. The molecule has 0 spiro atoms. The normalized spacial score (nSPS) is 11.7. The number of alkyl halides is 3. The number of nitrogens with one attached hydrogen (secondary N) is 1. The lowest BCUT2D eigenvalue weighted by atomic mass is 10.1. The van der Waals surface area contributed by atoms with Crippen LogP contribution in [-0.4, -0.2) is 30.5 Å². The minimum Gasteiger partial charge on any atom is -0.504 e. The highest BCUT2D eigenvalue weighted by molar-refractivity contribution is 7.80. The summed E-state index contributed by atoms with van der Waals surface area (Å²) >= 11 is 5.02. The Bertz CT molecular complexity index is 1020. The molecule has 0 unspecified atom stereocenters. The first kappa shape index (κ1) is 21.6. The lowest BCUT2D eigenvalue weighted by Crippen LogP contribution is -2.22. The molecule has 0 bridgehead atoms. The monoisotopic (exact) mass is 426 g/mol. The maximum Gasteiger partial charge on any atom is 0.420 e. The number of phenolic OH excluding ortho intramolecular Hbond substituents is 5. The Kier molecular flexibility index (Phi) is 6.09. The first-order chi connectivity index (χ1) is 13.4. The Morgan fingerprint density at radius 2 is 1.55 bits per heavy atom. The maximum atomic E-state index is 12.9. The van der Waals surface area contributed by atoms with E-state index in [9.17, 15) is 44.0 Å². The molecule has 6 N–H and O–H groups in total. The fourth-order valence-electron chi connectivity index (χ4n) is 2.30. The van der Waals surface area contributed by atoms with E-state index in [0.717, 1.165) is 24.3 Å². The van der Waals surface area contributed by atoms with Gasteiger partial charge in [0.1, 0.15) is 16.6 Å². The average molecular weight is 426 g/mol. The second-order valence-corrected chi connectivity index (χ2v) is 6.18. The van der Waals surface area contributed by atoms with Gasteiger partial charge in [0.2, 0.25) is 0 Å². The fourth-order valence-corrected chi connectivity index (χ4v) is 2.47. The molecule has 0 fully saturated rings. The molecule has 0 aliphatic rings. The lowest BCUT2D eigenvalue weighted by Gasteiger charge is -2.12. The summed E-state index contributed by atoms with van der Waals surface area (Å²) in [4.78, 5) is -0.166. The number of nitrogens with zero attached hydrogens (tertiary/aromatic N) is 1. The molecule has 11 heteroatoms. The minimum absolute atomic E-state index is 0.0894. The average Bonchev–Trinajstić information content (AvgIpc) is 2.63. The smallest absolute Gasteiger partial charge is 0.420 e. The number of halogens is 3. The molecule has 2 aromatic carbocycles. The second kappa shape index (κ2) is 8.15. The summed E-state index contributed by atoms with van der Waals surface area (Å²) in [6.07, 6.45) is -3.95. The van der Waals surface area contributed by atoms with Crippen molar-refractivity contribution in [2.24, 2.45) is 0 Å². The van der Waals surface area contributed by atoms with Crippen molar-refractivity contribution >= 4 is 23.3 Å². The first-order valence-corrected chi connectivity index (χ1v) is 8.11. The lowest BCUT2D eigenvalue weighted by molar-refractivity contribution is -0.138.